The number of nitriles is 1. The van der Waals surface area contributed by atoms with Gasteiger partial charge in [-0.25, -0.2) is 8.78 Å². The Labute approximate surface area is 149 Å². The Hall–Kier alpha value is -3.20. The molecule has 0 radical (unpaired) electrons. The average Bonchev–Trinajstić information content (AvgIpc) is 2.95. The number of aromatic amines is 1. The summed E-state index contributed by atoms with van der Waals surface area (Å²) in [5.41, 5.74) is 3.23. The summed E-state index contributed by atoms with van der Waals surface area (Å²) in [5.74, 6) is -1.60. The fourth-order valence-corrected chi connectivity index (χ4v) is 3.12. The number of benzene rings is 2. The summed E-state index contributed by atoms with van der Waals surface area (Å²) in [6.45, 7) is 4.04. The van der Waals surface area contributed by atoms with Crippen molar-refractivity contribution < 1.29 is 13.6 Å². The van der Waals surface area contributed by atoms with E-state index in [-0.39, 0.29) is 23.5 Å². The lowest BCUT2D eigenvalue weighted by Crippen LogP contribution is -2.26. The molecule has 0 saturated carbocycles. The number of aryl methyl sites for hydroxylation is 2. The Morgan fingerprint density at radius 2 is 1.96 bits per heavy atom. The van der Waals surface area contributed by atoms with E-state index in [2.05, 4.69) is 10.3 Å². The van der Waals surface area contributed by atoms with Crippen molar-refractivity contribution in [3.63, 3.8) is 0 Å². The molecule has 2 N–H and O–H groups in total. The van der Waals surface area contributed by atoms with Gasteiger partial charge in [-0.15, -0.1) is 0 Å². The number of nitrogens with one attached hydrogen (secondary N) is 2. The average molecular weight is 353 g/mol. The molecule has 132 valence electrons. The molecule has 6 heteroatoms. The molecule has 26 heavy (non-hydrogen) atoms. The van der Waals surface area contributed by atoms with Crippen LogP contribution in [0, 0.1) is 36.8 Å². The van der Waals surface area contributed by atoms with Gasteiger partial charge in [0.15, 0.2) is 0 Å². The van der Waals surface area contributed by atoms with Gasteiger partial charge in [0.1, 0.15) is 11.6 Å². The number of hydrogen-bond acceptors (Lipinski definition) is 2. The molecule has 2 aromatic carbocycles. The monoisotopic (exact) mass is 353 g/mol. The van der Waals surface area contributed by atoms with Crippen molar-refractivity contribution in [2.45, 2.75) is 20.3 Å². The van der Waals surface area contributed by atoms with Crippen molar-refractivity contribution in [3.8, 4) is 6.07 Å². The summed E-state index contributed by atoms with van der Waals surface area (Å²) in [7, 11) is 0. The molecular formula is C20H17F2N3O. The predicted molar refractivity (Wildman–Crippen MR) is 94.9 cm³/mol. The molecule has 0 saturated heterocycles. The third kappa shape index (κ3) is 3.16. The highest BCUT2D eigenvalue weighted by atomic mass is 19.1. The van der Waals surface area contributed by atoms with Crippen LogP contribution in [0.1, 0.15) is 32.7 Å². The second-order valence-corrected chi connectivity index (χ2v) is 6.16. The summed E-state index contributed by atoms with van der Waals surface area (Å²) >= 11 is 0. The molecule has 1 amide bonds. The first kappa shape index (κ1) is 17.6. The number of halogens is 2. The van der Waals surface area contributed by atoms with E-state index in [4.69, 9.17) is 5.26 Å². The van der Waals surface area contributed by atoms with Crippen LogP contribution in [0.3, 0.4) is 0 Å². The zero-order valence-electron chi connectivity index (χ0n) is 14.4. The van der Waals surface area contributed by atoms with Crippen LogP contribution in [-0.2, 0) is 6.42 Å². The Balaban J connectivity index is 1.76. The minimum atomic E-state index is -0.734. The number of carbonyl (C=O) groups excluding carboxylic acids is 1. The Morgan fingerprint density at radius 1 is 1.19 bits per heavy atom. The van der Waals surface area contributed by atoms with E-state index in [1.165, 1.54) is 18.2 Å². The van der Waals surface area contributed by atoms with Gasteiger partial charge in [-0.3, -0.25) is 4.79 Å². The maximum Gasteiger partial charge on any atom is 0.254 e. The number of rotatable bonds is 4. The summed E-state index contributed by atoms with van der Waals surface area (Å²) in [4.78, 5) is 15.2. The van der Waals surface area contributed by atoms with Gasteiger partial charge < -0.3 is 10.3 Å². The molecule has 3 rings (SSSR count). The van der Waals surface area contributed by atoms with E-state index in [9.17, 15) is 13.6 Å². The Morgan fingerprint density at radius 3 is 2.65 bits per heavy atom. The van der Waals surface area contributed by atoms with Crippen LogP contribution >= 0.6 is 0 Å². The minimum absolute atomic E-state index is 0.109. The van der Waals surface area contributed by atoms with Crippen LogP contribution in [0.15, 0.2) is 30.3 Å². The first-order valence-corrected chi connectivity index (χ1v) is 8.16. The highest BCUT2D eigenvalue weighted by Gasteiger charge is 2.15. The number of H-pyrrole nitrogens is 1. The van der Waals surface area contributed by atoms with Crippen LogP contribution in [0.2, 0.25) is 0 Å². The van der Waals surface area contributed by atoms with Crippen LogP contribution < -0.4 is 5.32 Å². The largest absolute Gasteiger partial charge is 0.356 e. The molecule has 0 aliphatic heterocycles. The van der Waals surface area contributed by atoms with Crippen LogP contribution in [-0.4, -0.2) is 17.4 Å². The van der Waals surface area contributed by atoms with Gasteiger partial charge in [0.2, 0.25) is 0 Å². The maximum absolute atomic E-state index is 14.0. The maximum atomic E-state index is 14.0. The first-order chi connectivity index (χ1) is 12.4. The third-order valence-corrected chi connectivity index (χ3v) is 4.43. The predicted octanol–water partition coefficient (Wildman–Crippen LogP) is 3.91. The second kappa shape index (κ2) is 6.96. The van der Waals surface area contributed by atoms with Gasteiger partial charge in [-0.1, -0.05) is 6.07 Å². The Kier molecular flexibility index (Phi) is 4.72. The lowest BCUT2D eigenvalue weighted by molar-refractivity contribution is 0.0950. The molecule has 0 spiro atoms. The van der Waals surface area contributed by atoms with E-state index in [0.717, 1.165) is 28.3 Å². The van der Waals surface area contributed by atoms with E-state index in [0.29, 0.717) is 11.9 Å². The van der Waals surface area contributed by atoms with Crippen molar-refractivity contribution in [1.29, 1.82) is 5.26 Å². The first-order valence-electron chi connectivity index (χ1n) is 8.16. The fourth-order valence-electron chi connectivity index (χ4n) is 3.12. The SMILES string of the molecule is Cc1[nH]c2c(F)ccc(C)c2c1CCNC(=O)c1ccc(C#N)cc1F. The van der Waals surface area contributed by atoms with E-state index in [1.54, 1.807) is 6.07 Å². The number of hydrogen-bond donors (Lipinski definition) is 2. The van der Waals surface area contributed by atoms with Gasteiger partial charge in [0, 0.05) is 17.6 Å². The summed E-state index contributed by atoms with van der Waals surface area (Å²) in [5, 5.41) is 12.2. The highest BCUT2D eigenvalue weighted by Crippen LogP contribution is 2.27. The number of fused-ring (bicyclic) bond motifs is 1. The molecule has 0 atom stereocenters. The quantitative estimate of drug-likeness (QED) is 0.747. The zero-order valence-corrected chi connectivity index (χ0v) is 14.4. The van der Waals surface area contributed by atoms with Gasteiger partial charge in [-0.2, -0.15) is 5.26 Å². The van der Waals surface area contributed by atoms with E-state index < -0.39 is 11.7 Å². The molecule has 0 aliphatic rings. The summed E-state index contributed by atoms with van der Waals surface area (Å²) in [6, 6.07) is 8.69. The second-order valence-electron chi connectivity index (χ2n) is 6.16. The third-order valence-electron chi connectivity index (χ3n) is 4.43. The normalized spacial score (nSPS) is 10.7. The fraction of sp³-hybridized carbons (Fsp3) is 0.200. The lowest BCUT2D eigenvalue weighted by atomic mass is 10.0. The van der Waals surface area contributed by atoms with Crippen LogP contribution in [0.4, 0.5) is 8.78 Å². The number of aromatic nitrogens is 1. The van der Waals surface area contributed by atoms with Crippen molar-refractivity contribution in [2.24, 2.45) is 0 Å². The molecular weight excluding hydrogens is 336 g/mol. The lowest BCUT2D eigenvalue weighted by Gasteiger charge is -2.08. The molecule has 1 aromatic heterocycles. The molecule has 4 nitrogen and oxygen atoms in total. The molecule has 1 heterocycles. The van der Waals surface area contributed by atoms with Crippen molar-refractivity contribution >= 4 is 16.8 Å². The van der Waals surface area contributed by atoms with Crippen molar-refractivity contribution in [3.05, 3.63) is 69.9 Å². The topological polar surface area (TPSA) is 68.7 Å². The molecule has 3 aromatic rings. The van der Waals surface area contributed by atoms with Crippen molar-refractivity contribution in [1.82, 2.24) is 10.3 Å². The van der Waals surface area contributed by atoms with Crippen LogP contribution in [0.5, 0.6) is 0 Å². The molecule has 0 fully saturated rings. The van der Waals surface area contributed by atoms with Gasteiger partial charge in [0.25, 0.3) is 5.91 Å². The molecule has 0 aliphatic carbocycles. The summed E-state index contributed by atoms with van der Waals surface area (Å²) in [6.07, 6.45) is 0.486. The molecule has 0 bridgehead atoms. The number of nitrogens with zero attached hydrogens (tertiary/aromatic N) is 1. The zero-order chi connectivity index (χ0) is 18.8. The van der Waals surface area contributed by atoms with Crippen molar-refractivity contribution in [2.75, 3.05) is 6.54 Å². The minimum Gasteiger partial charge on any atom is -0.356 e. The Bertz CT molecular complexity index is 1050. The highest BCUT2D eigenvalue weighted by molar-refractivity contribution is 5.94. The van der Waals surface area contributed by atoms with Gasteiger partial charge >= 0.3 is 0 Å². The van der Waals surface area contributed by atoms with Gasteiger partial charge in [0.05, 0.1) is 22.7 Å². The standard InChI is InChI=1S/C20H17F2N3O/c1-11-3-6-16(21)19-18(11)14(12(2)25-19)7-8-24-20(26)15-5-4-13(10-23)9-17(15)22/h3-6,9,25H,7-8H2,1-2H3,(H,24,26). The number of carbonyl (C=O) groups is 1. The van der Waals surface area contributed by atoms with E-state index in [1.807, 2.05) is 19.9 Å². The number of amides is 1. The smallest absolute Gasteiger partial charge is 0.254 e. The van der Waals surface area contributed by atoms with E-state index >= 15 is 0 Å². The molecule has 0 unspecified atom stereocenters. The van der Waals surface area contributed by atoms with Gasteiger partial charge in [-0.05, 0) is 55.7 Å². The summed E-state index contributed by atoms with van der Waals surface area (Å²) < 4.78 is 27.9. The van der Waals surface area contributed by atoms with Crippen LogP contribution in [0.25, 0.3) is 10.9 Å².